The van der Waals surface area contributed by atoms with Gasteiger partial charge in [-0.1, -0.05) is 6.42 Å². The first-order valence-corrected chi connectivity index (χ1v) is 11.0. The lowest BCUT2D eigenvalue weighted by Gasteiger charge is -2.25. The molecule has 164 valence electrons. The van der Waals surface area contributed by atoms with Crippen molar-refractivity contribution in [3.05, 3.63) is 58.9 Å². The third-order valence-electron chi connectivity index (χ3n) is 6.05. The van der Waals surface area contributed by atoms with Gasteiger partial charge in [0.15, 0.2) is 5.78 Å². The van der Waals surface area contributed by atoms with Gasteiger partial charge in [-0.25, -0.2) is 0 Å². The van der Waals surface area contributed by atoms with Crippen molar-refractivity contribution in [2.75, 3.05) is 19.6 Å². The first-order chi connectivity index (χ1) is 15.5. The Morgan fingerprint density at radius 3 is 2.47 bits per heavy atom. The molecule has 3 aromatic rings. The molecule has 1 aliphatic rings. The van der Waals surface area contributed by atoms with Crippen LogP contribution in [0.5, 0.6) is 0 Å². The molecular weight excluding hydrogens is 404 g/mol. The number of nitriles is 1. The minimum atomic E-state index is -0.875. The van der Waals surface area contributed by atoms with Crippen molar-refractivity contribution in [2.24, 2.45) is 0 Å². The van der Waals surface area contributed by atoms with Crippen LogP contribution >= 0.6 is 0 Å². The van der Waals surface area contributed by atoms with Gasteiger partial charge in [0.2, 0.25) is 0 Å². The summed E-state index contributed by atoms with van der Waals surface area (Å²) in [6, 6.07) is 13.1. The number of hydrogen-bond donors (Lipinski definition) is 1. The summed E-state index contributed by atoms with van der Waals surface area (Å²) in [7, 11) is 0. The molecule has 2 aromatic heterocycles. The van der Waals surface area contributed by atoms with E-state index >= 15 is 0 Å². The Morgan fingerprint density at radius 2 is 1.81 bits per heavy atom. The first kappa shape index (κ1) is 21.7. The van der Waals surface area contributed by atoms with E-state index in [0.29, 0.717) is 35.3 Å². The van der Waals surface area contributed by atoms with Gasteiger partial charge in [-0.2, -0.15) is 5.26 Å². The molecule has 0 bridgehead atoms. The van der Waals surface area contributed by atoms with E-state index in [9.17, 15) is 9.59 Å². The standard InChI is InChI=1S/C25H26N4O3/c1-17-24(22(30)16-28-13-3-2-4-14-28)25-21(11-7-19(27-25)8-12-23(31)32)29(17)20-9-5-18(15-26)6-10-20/h5-7,9-11H,2-4,8,12-14,16H2,1H3,(H,31,32). The maximum atomic E-state index is 13.4. The van der Waals surface area contributed by atoms with E-state index in [-0.39, 0.29) is 12.2 Å². The highest BCUT2D eigenvalue weighted by Crippen LogP contribution is 2.29. The van der Waals surface area contributed by atoms with Crippen molar-refractivity contribution in [1.82, 2.24) is 14.5 Å². The Bertz CT molecular complexity index is 1200. The number of carbonyl (C=O) groups excluding carboxylic acids is 1. The third kappa shape index (κ3) is 4.41. The molecular formula is C25H26N4O3. The molecule has 32 heavy (non-hydrogen) atoms. The van der Waals surface area contributed by atoms with E-state index in [1.807, 2.05) is 35.8 Å². The minimum Gasteiger partial charge on any atom is -0.481 e. The highest BCUT2D eigenvalue weighted by Gasteiger charge is 2.24. The molecule has 3 heterocycles. The van der Waals surface area contributed by atoms with Gasteiger partial charge < -0.3 is 9.67 Å². The summed E-state index contributed by atoms with van der Waals surface area (Å²) in [5.74, 6) is -0.843. The van der Waals surface area contributed by atoms with E-state index < -0.39 is 5.97 Å². The van der Waals surface area contributed by atoms with Gasteiger partial charge in [0.25, 0.3) is 0 Å². The van der Waals surface area contributed by atoms with Crippen LogP contribution in [0.15, 0.2) is 36.4 Å². The van der Waals surface area contributed by atoms with Crippen LogP contribution in [-0.2, 0) is 11.2 Å². The van der Waals surface area contributed by atoms with Gasteiger partial charge in [-0.3, -0.25) is 19.5 Å². The van der Waals surface area contributed by atoms with E-state index in [4.69, 9.17) is 15.4 Å². The number of aliphatic carboxylic acids is 1. The molecule has 7 heteroatoms. The average Bonchev–Trinajstić information content (AvgIpc) is 3.09. The Kier molecular flexibility index (Phi) is 6.33. The quantitative estimate of drug-likeness (QED) is 0.571. The number of piperidine rings is 1. The summed E-state index contributed by atoms with van der Waals surface area (Å²) < 4.78 is 1.99. The number of carboxylic acids is 1. The van der Waals surface area contributed by atoms with Crippen molar-refractivity contribution in [2.45, 2.75) is 39.0 Å². The molecule has 0 atom stereocenters. The lowest BCUT2D eigenvalue weighted by Crippen LogP contribution is -2.34. The lowest BCUT2D eigenvalue weighted by atomic mass is 10.1. The number of aryl methyl sites for hydroxylation is 1. The number of benzene rings is 1. The van der Waals surface area contributed by atoms with Gasteiger partial charge in [0, 0.05) is 23.5 Å². The molecule has 0 amide bonds. The second-order valence-corrected chi connectivity index (χ2v) is 8.28. The number of carbonyl (C=O) groups is 2. The molecule has 0 unspecified atom stereocenters. The van der Waals surface area contributed by atoms with Crippen LogP contribution in [0.2, 0.25) is 0 Å². The van der Waals surface area contributed by atoms with E-state index in [1.54, 1.807) is 12.1 Å². The normalized spacial score (nSPS) is 14.4. The smallest absolute Gasteiger partial charge is 0.303 e. The fourth-order valence-electron chi connectivity index (χ4n) is 4.45. The topological polar surface area (TPSA) is 99.2 Å². The molecule has 1 saturated heterocycles. The van der Waals surface area contributed by atoms with Crippen molar-refractivity contribution in [3.8, 4) is 11.8 Å². The minimum absolute atomic E-state index is 0.00905. The highest BCUT2D eigenvalue weighted by molar-refractivity contribution is 6.09. The molecule has 1 fully saturated rings. The predicted molar refractivity (Wildman–Crippen MR) is 121 cm³/mol. The molecule has 1 aromatic carbocycles. The Balaban J connectivity index is 1.80. The van der Waals surface area contributed by atoms with Crippen LogP contribution in [0.3, 0.4) is 0 Å². The molecule has 1 N–H and O–H groups in total. The summed E-state index contributed by atoms with van der Waals surface area (Å²) in [6.45, 7) is 4.13. The molecule has 0 aliphatic carbocycles. The van der Waals surface area contributed by atoms with Crippen LogP contribution in [0.25, 0.3) is 16.7 Å². The van der Waals surface area contributed by atoms with E-state index in [2.05, 4.69) is 11.0 Å². The van der Waals surface area contributed by atoms with Gasteiger partial charge in [0.05, 0.1) is 41.2 Å². The fraction of sp³-hybridized carbons (Fsp3) is 0.360. The van der Waals surface area contributed by atoms with Gasteiger partial charge in [-0.15, -0.1) is 0 Å². The Morgan fingerprint density at radius 1 is 1.09 bits per heavy atom. The Hall–Kier alpha value is -3.50. The largest absolute Gasteiger partial charge is 0.481 e. The van der Waals surface area contributed by atoms with Crippen LogP contribution in [0, 0.1) is 18.3 Å². The molecule has 0 spiro atoms. The highest BCUT2D eigenvalue weighted by atomic mass is 16.4. The number of fused-ring (bicyclic) bond motifs is 1. The molecule has 1 aliphatic heterocycles. The number of rotatable bonds is 7. The monoisotopic (exact) mass is 430 g/mol. The average molecular weight is 431 g/mol. The third-order valence-corrected chi connectivity index (χ3v) is 6.05. The van der Waals surface area contributed by atoms with Crippen LogP contribution in [-0.4, -0.2) is 50.9 Å². The number of carboxylic acid groups (broad SMARTS) is 1. The zero-order chi connectivity index (χ0) is 22.7. The fourth-order valence-corrected chi connectivity index (χ4v) is 4.45. The van der Waals surface area contributed by atoms with E-state index in [0.717, 1.165) is 42.8 Å². The van der Waals surface area contributed by atoms with Gasteiger partial charge in [-0.05, 0) is 69.3 Å². The second-order valence-electron chi connectivity index (χ2n) is 8.28. The van der Waals surface area contributed by atoms with E-state index in [1.165, 1.54) is 6.42 Å². The van der Waals surface area contributed by atoms with Gasteiger partial charge in [0.1, 0.15) is 0 Å². The summed E-state index contributed by atoms with van der Waals surface area (Å²) in [5, 5.41) is 18.2. The van der Waals surface area contributed by atoms with Crippen molar-refractivity contribution >= 4 is 22.8 Å². The molecule has 0 radical (unpaired) electrons. The molecule has 4 rings (SSSR count). The number of hydrogen-bond acceptors (Lipinski definition) is 5. The predicted octanol–water partition coefficient (Wildman–Crippen LogP) is 3.89. The summed E-state index contributed by atoms with van der Waals surface area (Å²) in [4.78, 5) is 31.4. The second kappa shape index (κ2) is 9.33. The number of ketones is 1. The molecule has 7 nitrogen and oxygen atoms in total. The zero-order valence-electron chi connectivity index (χ0n) is 18.2. The van der Waals surface area contributed by atoms with Crippen LogP contribution < -0.4 is 0 Å². The maximum absolute atomic E-state index is 13.4. The summed E-state index contributed by atoms with van der Waals surface area (Å²) in [6.07, 6.45) is 3.72. The summed E-state index contributed by atoms with van der Waals surface area (Å²) in [5.41, 5.74) is 4.87. The summed E-state index contributed by atoms with van der Waals surface area (Å²) >= 11 is 0. The lowest BCUT2D eigenvalue weighted by molar-refractivity contribution is -0.136. The van der Waals surface area contributed by atoms with Crippen LogP contribution in [0.4, 0.5) is 0 Å². The molecule has 0 saturated carbocycles. The van der Waals surface area contributed by atoms with Crippen molar-refractivity contribution < 1.29 is 14.7 Å². The van der Waals surface area contributed by atoms with Crippen molar-refractivity contribution in [3.63, 3.8) is 0 Å². The number of aromatic nitrogens is 2. The maximum Gasteiger partial charge on any atom is 0.303 e. The number of nitrogens with zero attached hydrogens (tertiary/aromatic N) is 4. The van der Waals surface area contributed by atoms with Crippen molar-refractivity contribution in [1.29, 1.82) is 5.26 Å². The number of Topliss-reactive ketones (excluding diaryl/α,β-unsaturated/α-hetero) is 1. The Labute approximate surface area is 186 Å². The zero-order valence-corrected chi connectivity index (χ0v) is 18.2. The SMILES string of the molecule is Cc1c(C(=O)CN2CCCCC2)c2nc(CCC(=O)O)ccc2n1-c1ccc(C#N)cc1. The first-order valence-electron chi connectivity index (χ1n) is 11.0. The van der Waals surface area contributed by atoms with Gasteiger partial charge >= 0.3 is 5.97 Å². The van der Waals surface area contributed by atoms with Crippen LogP contribution in [0.1, 0.15) is 53.0 Å². The number of likely N-dealkylation sites (tertiary alicyclic amines) is 1. The number of pyridine rings is 1.